The minimum absolute atomic E-state index is 0.0110. The van der Waals surface area contributed by atoms with E-state index in [1.165, 1.54) is 17.9 Å². The topological polar surface area (TPSA) is 151 Å². The minimum atomic E-state index is -1.07. The highest BCUT2D eigenvalue weighted by atomic mass is 16.6. The first-order chi connectivity index (χ1) is 20.4. The van der Waals surface area contributed by atoms with Crippen LogP contribution < -0.4 is 5.32 Å². The Morgan fingerprint density at radius 3 is 2.30 bits per heavy atom. The minimum Gasteiger partial charge on any atom is -0.460 e. The second-order valence-corrected chi connectivity index (χ2v) is 10.9. The molecular formula is C31H39N5O7. The van der Waals surface area contributed by atoms with Crippen molar-refractivity contribution in [1.82, 2.24) is 25.1 Å². The Morgan fingerprint density at radius 2 is 1.70 bits per heavy atom. The maximum Gasteiger partial charge on any atom is 0.409 e. The number of hydrogen-bond acceptors (Lipinski definition) is 9. The van der Waals surface area contributed by atoms with E-state index in [0.29, 0.717) is 5.56 Å². The lowest BCUT2D eigenvalue weighted by atomic mass is 10.1. The number of carbonyl (C=O) groups is 4. The van der Waals surface area contributed by atoms with Crippen LogP contribution in [-0.2, 0) is 19.1 Å². The maximum absolute atomic E-state index is 13.6. The SMILES string of the molecule is CCOC(=O)N1CCN(C(=O)C(CCC(=O)OC(C)(C)C)NC(=O)c2cc(C#C[C@H](C)O)nc(-c3ccccc3)n2)CC1. The fraction of sp³-hybridized carbons (Fsp3) is 0.484. The van der Waals surface area contributed by atoms with Gasteiger partial charge in [-0.05, 0) is 47.0 Å². The van der Waals surface area contributed by atoms with E-state index in [1.54, 1.807) is 56.9 Å². The van der Waals surface area contributed by atoms with Crippen LogP contribution in [-0.4, -0.2) is 99.3 Å². The van der Waals surface area contributed by atoms with Crippen LogP contribution in [0, 0.1) is 11.8 Å². The summed E-state index contributed by atoms with van der Waals surface area (Å²) in [5.74, 6) is 4.05. The van der Waals surface area contributed by atoms with Gasteiger partial charge in [-0.15, -0.1) is 0 Å². The van der Waals surface area contributed by atoms with Crippen LogP contribution in [0.15, 0.2) is 36.4 Å². The van der Waals surface area contributed by atoms with Gasteiger partial charge in [0.05, 0.1) is 6.61 Å². The standard InChI is InChI=1S/C31H39N5O7/c1-6-42-30(41)36-18-16-35(17-19-36)29(40)24(14-15-26(38)43-31(3,4)5)34-28(39)25-20-23(13-12-21(2)37)32-27(33-25)22-10-8-7-9-11-22/h7-11,20-21,24,37H,6,14-19H2,1-5H3,(H,34,39)/t21-,24?/m0/s1. The van der Waals surface area contributed by atoms with E-state index in [0.717, 1.165) is 0 Å². The summed E-state index contributed by atoms with van der Waals surface area (Å²) in [6.45, 7) is 9.73. The van der Waals surface area contributed by atoms with Crippen LogP contribution >= 0.6 is 0 Å². The molecular weight excluding hydrogens is 554 g/mol. The van der Waals surface area contributed by atoms with Crippen molar-refractivity contribution < 1.29 is 33.8 Å². The quantitative estimate of drug-likeness (QED) is 0.347. The van der Waals surface area contributed by atoms with Gasteiger partial charge in [0.25, 0.3) is 5.91 Å². The fourth-order valence-electron chi connectivity index (χ4n) is 4.21. The Bertz CT molecular complexity index is 1350. The summed E-state index contributed by atoms with van der Waals surface area (Å²) < 4.78 is 10.5. The summed E-state index contributed by atoms with van der Waals surface area (Å²) in [5, 5.41) is 12.4. The second kappa shape index (κ2) is 15.1. The van der Waals surface area contributed by atoms with Crippen LogP contribution in [0.2, 0.25) is 0 Å². The lowest BCUT2D eigenvalue weighted by molar-refractivity contribution is -0.155. The molecule has 12 heteroatoms. The van der Waals surface area contributed by atoms with Crippen molar-refractivity contribution in [3.8, 4) is 23.2 Å². The number of piperazine rings is 1. The molecule has 0 aliphatic carbocycles. The second-order valence-electron chi connectivity index (χ2n) is 10.9. The first-order valence-corrected chi connectivity index (χ1v) is 14.2. The molecule has 2 N–H and O–H groups in total. The molecule has 0 saturated carbocycles. The first-order valence-electron chi connectivity index (χ1n) is 14.2. The van der Waals surface area contributed by atoms with Gasteiger partial charge in [-0.3, -0.25) is 14.4 Å². The van der Waals surface area contributed by atoms with E-state index in [4.69, 9.17) is 9.47 Å². The van der Waals surface area contributed by atoms with E-state index >= 15 is 0 Å². The molecule has 1 unspecified atom stereocenters. The highest BCUT2D eigenvalue weighted by Gasteiger charge is 2.32. The monoisotopic (exact) mass is 593 g/mol. The predicted octanol–water partition coefficient (Wildman–Crippen LogP) is 2.40. The summed E-state index contributed by atoms with van der Waals surface area (Å²) >= 11 is 0. The number of ether oxygens (including phenoxy) is 2. The van der Waals surface area contributed by atoms with E-state index < -0.39 is 41.6 Å². The average molecular weight is 594 g/mol. The van der Waals surface area contributed by atoms with Crippen LogP contribution in [0.25, 0.3) is 11.4 Å². The van der Waals surface area contributed by atoms with E-state index in [2.05, 4.69) is 27.1 Å². The highest BCUT2D eigenvalue weighted by Crippen LogP contribution is 2.17. The van der Waals surface area contributed by atoms with Gasteiger partial charge in [0.2, 0.25) is 5.91 Å². The fourth-order valence-corrected chi connectivity index (χ4v) is 4.21. The van der Waals surface area contributed by atoms with Crippen molar-refractivity contribution in [1.29, 1.82) is 0 Å². The number of nitrogens with one attached hydrogen (secondary N) is 1. The Morgan fingerprint density at radius 1 is 1.05 bits per heavy atom. The Labute approximate surface area is 251 Å². The molecule has 1 aliphatic rings. The first kappa shape index (κ1) is 33.0. The van der Waals surface area contributed by atoms with Gasteiger partial charge in [0.15, 0.2) is 5.82 Å². The van der Waals surface area contributed by atoms with Gasteiger partial charge >= 0.3 is 12.1 Å². The molecule has 2 aromatic rings. The molecule has 2 atom stereocenters. The van der Waals surface area contributed by atoms with Gasteiger partial charge in [-0.25, -0.2) is 14.8 Å². The molecule has 12 nitrogen and oxygen atoms in total. The van der Waals surface area contributed by atoms with Crippen molar-refractivity contribution in [2.45, 2.75) is 65.2 Å². The number of carbonyl (C=O) groups excluding carboxylic acids is 4. The van der Waals surface area contributed by atoms with Crippen LogP contribution in [0.1, 0.15) is 63.6 Å². The molecule has 43 heavy (non-hydrogen) atoms. The van der Waals surface area contributed by atoms with Gasteiger partial charge in [-0.1, -0.05) is 36.3 Å². The largest absolute Gasteiger partial charge is 0.460 e. The summed E-state index contributed by atoms with van der Waals surface area (Å²) in [5.41, 5.74) is 0.119. The molecule has 0 bridgehead atoms. The molecule has 1 saturated heterocycles. The van der Waals surface area contributed by atoms with Crippen molar-refractivity contribution >= 4 is 23.9 Å². The normalized spacial score (nSPS) is 14.6. The third-order valence-corrected chi connectivity index (χ3v) is 6.18. The van der Waals surface area contributed by atoms with Gasteiger partial charge < -0.3 is 29.7 Å². The smallest absolute Gasteiger partial charge is 0.409 e. The van der Waals surface area contributed by atoms with E-state index in [-0.39, 0.29) is 62.8 Å². The molecule has 1 aliphatic heterocycles. The average Bonchev–Trinajstić information content (AvgIpc) is 2.97. The molecule has 1 aromatic carbocycles. The Balaban J connectivity index is 1.85. The zero-order valence-electron chi connectivity index (χ0n) is 25.3. The molecule has 1 fully saturated rings. The molecule has 3 rings (SSSR count). The number of amides is 3. The zero-order valence-corrected chi connectivity index (χ0v) is 25.3. The predicted molar refractivity (Wildman–Crippen MR) is 158 cm³/mol. The zero-order chi connectivity index (χ0) is 31.6. The lowest BCUT2D eigenvalue weighted by Gasteiger charge is -2.36. The molecule has 230 valence electrons. The maximum atomic E-state index is 13.6. The summed E-state index contributed by atoms with van der Waals surface area (Å²) in [6, 6.07) is 9.32. The van der Waals surface area contributed by atoms with E-state index in [1.807, 2.05) is 6.07 Å². The molecule has 3 amide bonds. The Hall–Kier alpha value is -4.50. The molecule has 1 aromatic heterocycles. The van der Waals surface area contributed by atoms with Crippen molar-refractivity contribution in [2.24, 2.45) is 0 Å². The number of hydrogen-bond donors (Lipinski definition) is 2. The van der Waals surface area contributed by atoms with Crippen LogP contribution in [0.5, 0.6) is 0 Å². The molecule has 0 spiro atoms. The van der Waals surface area contributed by atoms with E-state index in [9.17, 15) is 24.3 Å². The van der Waals surface area contributed by atoms with Crippen molar-refractivity contribution in [2.75, 3.05) is 32.8 Å². The number of esters is 1. The number of rotatable bonds is 8. The van der Waals surface area contributed by atoms with Crippen molar-refractivity contribution in [3.63, 3.8) is 0 Å². The number of aliphatic hydroxyl groups excluding tert-OH is 1. The highest BCUT2D eigenvalue weighted by molar-refractivity contribution is 5.96. The van der Waals surface area contributed by atoms with Crippen molar-refractivity contribution in [3.05, 3.63) is 47.8 Å². The molecule has 0 radical (unpaired) electrons. The summed E-state index contributed by atoms with van der Waals surface area (Å²) in [6.07, 6.45) is -1.48. The van der Waals surface area contributed by atoms with Gasteiger partial charge in [0, 0.05) is 44.2 Å². The van der Waals surface area contributed by atoms with Gasteiger partial charge in [0.1, 0.15) is 29.1 Å². The van der Waals surface area contributed by atoms with Crippen LogP contribution in [0.3, 0.4) is 0 Å². The summed E-state index contributed by atoms with van der Waals surface area (Å²) in [7, 11) is 0. The number of nitrogens with zero attached hydrogens (tertiary/aromatic N) is 4. The third-order valence-electron chi connectivity index (χ3n) is 6.18. The number of benzene rings is 1. The number of aromatic nitrogens is 2. The summed E-state index contributed by atoms with van der Waals surface area (Å²) in [4.78, 5) is 63.7. The van der Waals surface area contributed by atoms with Gasteiger partial charge in [-0.2, -0.15) is 0 Å². The Kier molecular flexibility index (Phi) is 11.6. The third kappa shape index (κ3) is 10.4. The lowest BCUT2D eigenvalue weighted by Crippen LogP contribution is -2.56. The molecule has 2 heterocycles. The number of aliphatic hydroxyl groups is 1. The van der Waals surface area contributed by atoms with Crippen LogP contribution in [0.4, 0.5) is 4.79 Å².